The zero-order valence-corrected chi connectivity index (χ0v) is 20.7. The van der Waals surface area contributed by atoms with Crippen LogP contribution < -0.4 is 5.32 Å². The molecule has 2 aromatic carbocycles. The van der Waals surface area contributed by atoms with Crippen molar-refractivity contribution in [2.75, 3.05) is 13.1 Å². The van der Waals surface area contributed by atoms with Crippen LogP contribution in [0.3, 0.4) is 0 Å². The molecule has 1 saturated heterocycles. The van der Waals surface area contributed by atoms with Crippen LogP contribution in [0.15, 0.2) is 46.9 Å². The molecule has 1 fully saturated rings. The second-order valence-electron chi connectivity index (χ2n) is 8.58. The van der Waals surface area contributed by atoms with Gasteiger partial charge in [0.25, 0.3) is 5.91 Å². The molecule has 31 heavy (non-hydrogen) atoms. The lowest BCUT2D eigenvalue weighted by Crippen LogP contribution is -2.52. The molecule has 2 aromatic rings. The molecule has 1 heterocycles. The molecule has 1 aliphatic rings. The van der Waals surface area contributed by atoms with Crippen molar-refractivity contribution in [3.05, 3.63) is 68.1 Å². The Balaban J connectivity index is 1.83. The van der Waals surface area contributed by atoms with Crippen molar-refractivity contribution >= 4 is 51.1 Å². The molecule has 0 saturated carbocycles. The SMILES string of the molecule is CC(C)(C)OC(=O)N1CCC(NC(=O)c2ccc(Br)cc2)C(c2ccc(Cl)c(Cl)c2)C1. The summed E-state index contributed by atoms with van der Waals surface area (Å²) in [6.07, 6.45) is 0.224. The Morgan fingerprint density at radius 1 is 1.10 bits per heavy atom. The van der Waals surface area contributed by atoms with E-state index in [1.807, 2.05) is 39.0 Å². The third-order valence-electron chi connectivity index (χ3n) is 5.06. The molecule has 2 unspecified atom stereocenters. The lowest BCUT2D eigenvalue weighted by atomic mass is 9.86. The van der Waals surface area contributed by atoms with Crippen molar-refractivity contribution in [1.29, 1.82) is 0 Å². The van der Waals surface area contributed by atoms with E-state index < -0.39 is 5.60 Å². The first-order chi connectivity index (χ1) is 14.5. The first kappa shape index (κ1) is 23.9. The standard InChI is InChI=1S/C23H25BrCl2N2O3/c1-23(2,3)31-22(30)28-11-10-20(27-21(29)14-4-7-16(24)8-5-14)17(13-28)15-6-9-18(25)19(26)12-15/h4-9,12,17,20H,10-11,13H2,1-3H3,(H,27,29). The van der Waals surface area contributed by atoms with Gasteiger partial charge < -0.3 is 15.0 Å². The molecule has 2 atom stereocenters. The minimum absolute atomic E-state index is 0.157. The number of hydrogen-bond acceptors (Lipinski definition) is 3. The smallest absolute Gasteiger partial charge is 0.410 e. The molecular weight excluding hydrogens is 503 g/mol. The summed E-state index contributed by atoms with van der Waals surface area (Å²) in [5.74, 6) is -0.316. The van der Waals surface area contributed by atoms with Crippen LogP contribution >= 0.6 is 39.1 Å². The molecule has 3 rings (SSSR count). The Morgan fingerprint density at radius 3 is 2.39 bits per heavy atom. The highest BCUT2D eigenvalue weighted by Gasteiger charge is 2.35. The summed E-state index contributed by atoms with van der Waals surface area (Å²) >= 11 is 15.7. The summed E-state index contributed by atoms with van der Waals surface area (Å²) in [4.78, 5) is 27.2. The van der Waals surface area contributed by atoms with Gasteiger partial charge in [0, 0.05) is 35.1 Å². The average molecular weight is 528 g/mol. The van der Waals surface area contributed by atoms with Gasteiger partial charge >= 0.3 is 6.09 Å². The van der Waals surface area contributed by atoms with Crippen molar-refractivity contribution in [2.45, 2.75) is 44.8 Å². The number of benzene rings is 2. The molecule has 0 spiro atoms. The van der Waals surface area contributed by atoms with Gasteiger partial charge in [0.15, 0.2) is 0 Å². The summed E-state index contributed by atoms with van der Waals surface area (Å²) < 4.78 is 6.46. The zero-order valence-electron chi connectivity index (χ0n) is 17.6. The number of carbonyl (C=O) groups excluding carboxylic acids is 2. The molecule has 1 N–H and O–H groups in total. The summed E-state index contributed by atoms with van der Waals surface area (Å²) in [5, 5.41) is 4.03. The van der Waals surface area contributed by atoms with Crippen molar-refractivity contribution in [2.24, 2.45) is 0 Å². The second-order valence-corrected chi connectivity index (χ2v) is 10.3. The first-order valence-electron chi connectivity index (χ1n) is 10.0. The maximum atomic E-state index is 12.8. The van der Waals surface area contributed by atoms with Crippen LogP contribution in [0, 0.1) is 0 Å². The van der Waals surface area contributed by atoms with Crippen LogP contribution in [-0.2, 0) is 4.74 Å². The van der Waals surface area contributed by atoms with E-state index in [0.717, 1.165) is 10.0 Å². The Hall–Kier alpha value is -1.76. The van der Waals surface area contributed by atoms with Crippen LogP contribution in [0.2, 0.25) is 10.0 Å². The van der Waals surface area contributed by atoms with Crippen molar-refractivity contribution < 1.29 is 14.3 Å². The Morgan fingerprint density at radius 2 is 1.77 bits per heavy atom. The van der Waals surface area contributed by atoms with E-state index in [-0.39, 0.29) is 24.0 Å². The molecule has 0 aliphatic carbocycles. The third-order valence-corrected chi connectivity index (χ3v) is 6.33. The van der Waals surface area contributed by atoms with Crippen LogP contribution in [0.4, 0.5) is 4.79 Å². The van der Waals surface area contributed by atoms with Gasteiger partial charge in [0.1, 0.15) is 5.60 Å². The lowest BCUT2D eigenvalue weighted by molar-refractivity contribution is 0.0177. The van der Waals surface area contributed by atoms with E-state index in [1.165, 1.54) is 0 Å². The molecular formula is C23H25BrCl2N2O3. The normalized spacial score (nSPS) is 19.1. The molecule has 0 radical (unpaired) electrons. The molecule has 8 heteroatoms. The molecule has 166 valence electrons. The molecule has 0 bridgehead atoms. The van der Waals surface area contributed by atoms with E-state index in [0.29, 0.717) is 35.1 Å². The predicted octanol–water partition coefficient (Wildman–Crippen LogP) is 6.28. The van der Waals surface area contributed by atoms with E-state index in [4.69, 9.17) is 27.9 Å². The maximum absolute atomic E-state index is 12.8. The fourth-order valence-corrected chi connectivity index (χ4v) is 4.12. The highest BCUT2D eigenvalue weighted by molar-refractivity contribution is 9.10. The van der Waals surface area contributed by atoms with E-state index >= 15 is 0 Å². The number of halogens is 3. The Kier molecular flexibility index (Phi) is 7.55. The van der Waals surface area contributed by atoms with Crippen LogP contribution in [0.5, 0.6) is 0 Å². The number of nitrogens with zero attached hydrogens (tertiary/aromatic N) is 1. The number of likely N-dealkylation sites (tertiary alicyclic amines) is 1. The van der Waals surface area contributed by atoms with Gasteiger partial charge in [-0.1, -0.05) is 45.2 Å². The fraction of sp³-hybridized carbons (Fsp3) is 0.391. The van der Waals surface area contributed by atoms with Crippen LogP contribution in [0.1, 0.15) is 49.0 Å². The van der Waals surface area contributed by atoms with E-state index in [9.17, 15) is 9.59 Å². The summed E-state index contributed by atoms with van der Waals surface area (Å²) in [7, 11) is 0. The zero-order chi connectivity index (χ0) is 22.8. The number of carbonyl (C=O) groups is 2. The van der Waals surface area contributed by atoms with Gasteiger partial charge in [-0.3, -0.25) is 4.79 Å². The largest absolute Gasteiger partial charge is 0.444 e. The minimum atomic E-state index is -0.581. The van der Waals surface area contributed by atoms with Crippen LogP contribution in [0.25, 0.3) is 0 Å². The van der Waals surface area contributed by atoms with Crippen LogP contribution in [-0.4, -0.2) is 41.6 Å². The van der Waals surface area contributed by atoms with Crippen molar-refractivity contribution in [3.63, 3.8) is 0 Å². The molecule has 0 aromatic heterocycles. The fourth-order valence-electron chi connectivity index (χ4n) is 3.55. The molecule has 5 nitrogen and oxygen atoms in total. The number of nitrogens with one attached hydrogen (secondary N) is 1. The number of amides is 2. The monoisotopic (exact) mass is 526 g/mol. The summed E-state index contributed by atoms with van der Waals surface area (Å²) in [6.45, 7) is 6.40. The quantitative estimate of drug-likeness (QED) is 0.511. The average Bonchev–Trinajstić information content (AvgIpc) is 2.69. The van der Waals surface area contributed by atoms with E-state index in [2.05, 4.69) is 21.2 Å². The minimum Gasteiger partial charge on any atom is -0.444 e. The number of ether oxygens (including phenoxy) is 1. The highest BCUT2D eigenvalue weighted by Crippen LogP contribution is 2.32. The van der Waals surface area contributed by atoms with Crippen molar-refractivity contribution in [3.8, 4) is 0 Å². The number of rotatable bonds is 3. The van der Waals surface area contributed by atoms with Gasteiger partial charge in [0.05, 0.1) is 10.0 Å². The summed E-state index contributed by atoms with van der Waals surface area (Å²) in [5.41, 5.74) is 0.900. The van der Waals surface area contributed by atoms with Gasteiger partial charge in [-0.2, -0.15) is 0 Å². The summed E-state index contributed by atoms with van der Waals surface area (Å²) in [6, 6.07) is 12.4. The van der Waals surface area contributed by atoms with Gasteiger partial charge in [-0.15, -0.1) is 0 Å². The number of piperidine rings is 1. The second kappa shape index (κ2) is 9.80. The topological polar surface area (TPSA) is 58.6 Å². The maximum Gasteiger partial charge on any atom is 0.410 e. The first-order valence-corrected chi connectivity index (χ1v) is 11.6. The predicted molar refractivity (Wildman–Crippen MR) is 127 cm³/mol. The van der Waals surface area contributed by atoms with E-state index in [1.54, 1.807) is 29.2 Å². The van der Waals surface area contributed by atoms with Gasteiger partial charge in [-0.25, -0.2) is 4.79 Å². The lowest BCUT2D eigenvalue weighted by Gasteiger charge is -2.39. The van der Waals surface area contributed by atoms with Gasteiger partial charge in [0.2, 0.25) is 0 Å². The Labute approximate surface area is 201 Å². The molecule has 1 aliphatic heterocycles. The van der Waals surface area contributed by atoms with Crippen molar-refractivity contribution in [1.82, 2.24) is 10.2 Å². The third kappa shape index (κ3) is 6.37. The Bertz CT molecular complexity index is 960. The highest BCUT2D eigenvalue weighted by atomic mass is 79.9. The molecule has 2 amide bonds. The van der Waals surface area contributed by atoms with Gasteiger partial charge in [-0.05, 0) is 69.2 Å². The number of hydrogen-bond donors (Lipinski definition) is 1.